The van der Waals surface area contributed by atoms with Gasteiger partial charge in [-0.2, -0.15) is 4.37 Å². The van der Waals surface area contributed by atoms with Crippen LogP contribution in [0.25, 0.3) is 0 Å². The van der Waals surface area contributed by atoms with Gasteiger partial charge in [-0.15, -0.1) is 0 Å². The number of aromatic nitrogens is 2. The van der Waals surface area contributed by atoms with Crippen LogP contribution in [0.1, 0.15) is 31.5 Å². The molecule has 0 unspecified atom stereocenters. The summed E-state index contributed by atoms with van der Waals surface area (Å²) in [5, 5.41) is 13.9. The lowest BCUT2D eigenvalue weighted by molar-refractivity contribution is 0.116. The molecule has 2 N–H and O–H groups in total. The van der Waals surface area contributed by atoms with Gasteiger partial charge in [0, 0.05) is 25.1 Å². The maximum Gasteiger partial charge on any atom is 0.202 e. The van der Waals surface area contributed by atoms with Crippen LogP contribution in [0.2, 0.25) is 0 Å². The number of hydrogen-bond acceptors (Lipinski definition) is 6. The van der Waals surface area contributed by atoms with Gasteiger partial charge in [0.1, 0.15) is 5.82 Å². The Balaban J connectivity index is 1.87. The Morgan fingerprint density at radius 2 is 2.29 bits per heavy atom. The number of anilines is 1. The Morgan fingerprint density at radius 3 is 3.06 bits per heavy atom. The molecule has 1 aliphatic carbocycles. The first kappa shape index (κ1) is 12.7. The van der Waals surface area contributed by atoms with E-state index in [1.165, 1.54) is 18.0 Å². The Morgan fingerprint density at radius 1 is 1.47 bits per heavy atom. The van der Waals surface area contributed by atoms with Crippen LogP contribution in [-0.2, 0) is 11.2 Å². The summed E-state index contributed by atoms with van der Waals surface area (Å²) in [5.41, 5.74) is 0. The fourth-order valence-electron chi connectivity index (χ4n) is 2.05. The molecule has 6 heteroatoms. The average molecular weight is 257 g/mol. The highest BCUT2D eigenvalue weighted by Crippen LogP contribution is 2.23. The van der Waals surface area contributed by atoms with Crippen LogP contribution >= 0.6 is 11.5 Å². The number of aliphatic hydroxyl groups is 1. The topological polar surface area (TPSA) is 67.3 Å². The van der Waals surface area contributed by atoms with Gasteiger partial charge in [0.05, 0.1) is 18.8 Å². The normalized spacial score (nSPS) is 24.8. The molecule has 1 fully saturated rings. The van der Waals surface area contributed by atoms with Crippen molar-refractivity contribution in [3.63, 3.8) is 0 Å². The van der Waals surface area contributed by atoms with Gasteiger partial charge >= 0.3 is 0 Å². The summed E-state index contributed by atoms with van der Waals surface area (Å²) >= 11 is 1.36. The van der Waals surface area contributed by atoms with Crippen LogP contribution in [-0.4, -0.2) is 40.3 Å². The number of methoxy groups -OCH3 is 1. The van der Waals surface area contributed by atoms with Crippen LogP contribution in [0.4, 0.5) is 5.13 Å². The van der Waals surface area contributed by atoms with E-state index in [2.05, 4.69) is 14.7 Å². The maximum absolute atomic E-state index is 9.85. The minimum atomic E-state index is -0.255. The Labute approximate surface area is 105 Å². The molecule has 0 radical (unpaired) electrons. The smallest absolute Gasteiger partial charge is 0.202 e. The summed E-state index contributed by atoms with van der Waals surface area (Å²) in [6.07, 6.45) is 4.66. The first-order chi connectivity index (χ1) is 8.29. The van der Waals surface area contributed by atoms with E-state index < -0.39 is 0 Å². The molecule has 0 aromatic carbocycles. The molecular weight excluding hydrogens is 238 g/mol. The molecule has 2 rings (SSSR count). The summed E-state index contributed by atoms with van der Waals surface area (Å²) in [5.74, 6) is 0.810. The van der Waals surface area contributed by atoms with Gasteiger partial charge in [0.2, 0.25) is 5.13 Å². The number of nitrogens with one attached hydrogen (secondary N) is 1. The predicted molar refractivity (Wildman–Crippen MR) is 67.4 cm³/mol. The van der Waals surface area contributed by atoms with Crippen molar-refractivity contribution in [1.82, 2.24) is 9.36 Å². The van der Waals surface area contributed by atoms with Gasteiger partial charge in [0.15, 0.2) is 0 Å². The zero-order chi connectivity index (χ0) is 12.1. The molecule has 0 amide bonds. The zero-order valence-corrected chi connectivity index (χ0v) is 10.9. The molecule has 1 saturated carbocycles. The van der Waals surface area contributed by atoms with E-state index >= 15 is 0 Å². The second-order valence-electron chi connectivity index (χ2n) is 4.36. The molecule has 0 bridgehead atoms. The van der Waals surface area contributed by atoms with E-state index in [1.807, 2.05) is 0 Å². The third kappa shape index (κ3) is 3.62. The van der Waals surface area contributed by atoms with Crippen molar-refractivity contribution in [2.75, 3.05) is 19.0 Å². The van der Waals surface area contributed by atoms with E-state index in [9.17, 15) is 5.11 Å². The standard InChI is InChI=1S/C11H19N3O2S/c1-16-7-6-10-13-11(17-14-10)12-8-4-2-3-5-9(8)15/h8-9,15H,2-7H2,1H3,(H,12,13,14)/t8-,9-/m0/s1. The Kier molecular flexibility index (Phi) is 4.70. The van der Waals surface area contributed by atoms with Crippen LogP contribution < -0.4 is 5.32 Å². The highest BCUT2D eigenvalue weighted by molar-refractivity contribution is 7.09. The van der Waals surface area contributed by atoms with Gasteiger partial charge in [-0.1, -0.05) is 12.8 Å². The molecule has 1 aliphatic rings. The van der Waals surface area contributed by atoms with Crippen LogP contribution in [0.5, 0.6) is 0 Å². The largest absolute Gasteiger partial charge is 0.391 e. The molecule has 96 valence electrons. The second-order valence-corrected chi connectivity index (χ2v) is 5.11. The zero-order valence-electron chi connectivity index (χ0n) is 10.1. The second kappa shape index (κ2) is 6.28. The minimum Gasteiger partial charge on any atom is -0.391 e. The Bertz CT molecular complexity index is 345. The summed E-state index contributed by atoms with van der Waals surface area (Å²) in [6, 6.07) is 0.131. The summed E-state index contributed by atoms with van der Waals surface area (Å²) in [4.78, 5) is 4.38. The van der Waals surface area contributed by atoms with Crippen molar-refractivity contribution >= 4 is 16.7 Å². The van der Waals surface area contributed by atoms with E-state index in [0.29, 0.717) is 6.61 Å². The fraction of sp³-hybridized carbons (Fsp3) is 0.818. The van der Waals surface area contributed by atoms with E-state index in [-0.39, 0.29) is 12.1 Å². The molecule has 1 heterocycles. The lowest BCUT2D eigenvalue weighted by Crippen LogP contribution is -2.36. The van der Waals surface area contributed by atoms with Gasteiger partial charge in [-0.05, 0) is 12.8 Å². The predicted octanol–water partition coefficient (Wildman–Crippen LogP) is 1.44. The summed E-state index contributed by atoms with van der Waals surface area (Å²) in [6.45, 7) is 0.641. The SMILES string of the molecule is COCCc1nsc(N[C@H]2CCCC[C@@H]2O)n1. The number of hydrogen-bond donors (Lipinski definition) is 2. The van der Waals surface area contributed by atoms with Gasteiger partial charge in [-0.25, -0.2) is 4.98 Å². The van der Waals surface area contributed by atoms with Crippen molar-refractivity contribution in [2.24, 2.45) is 0 Å². The van der Waals surface area contributed by atoms with Gasteiger partial charge in [-0.3, -0.25) is 0 Å². The van der Waals surface area contributed by atoms with Crippen LogP contribution in [0, 0.1) is 0 Å². The Hall–Kier alpha value is -0.720. The summed E-state index contributed by atoms with van der Waals surface area (Å²) in [7, 11) is 1.67. The highest BCUT2D eigenvalue weighted by Gasteiger charge is 2.23. The minimum absolute atomic E-state index is 0.131. The quantitative estimate of drug-likeness (QED) is 0.835. The van der Waals surface area contributed by atoms with E-state index in [0.717, 1.165) is 36.6 Å². The van der Waals surface area contributed by atoms with Crippen molar-refractivity contribution < 1.29 is 9.84 Å². The molecular formula is C11H19N3O2S. The molecule has 1 aromatic heterocycles. The number of ether oxygens (including phenoxy) is 1. The lowest BCUT2D eigenvalue weighted by atomic mass is 9.93. The maximum atomic E-state index is 9.85. The van der Waals surface area contributed by atoms with Crippen molar-refractivity contribution in [1.29, 1.82) is 0 Å². The average Bonchev–Trinajstić information content (AvgIpc) is 2.77. The monoisotopic (exact) mass is 257 g/mol. The molecule has 0 saturated heterocycles. The number of aliphatic hydroxyl groups excluding tert-OH is 1. The van der Waals surface area contributed by atoms with Crippen LogP contribution in [0.3, 0.4) is 0 Å². The fourth-order valence-corrected chi connectivity index (χ4v) is 2.72. The molecule has 2 atom stereocenters. The molecule has 0 spiro atoms. The third-order valence-electron chi connectivity index (χ3n) is 3.04. The van der Waals surface area contributed by atoms with Crippen molar-refractivity contribution in [3.05, 3.63) is 5.82 Å². The first-order valence-electron chi connectivity index (χ1n) is 6.05. The molecule has 17 heavy (non-hydrogen) atoms. The first-order valence-corrected chi connectivity index (χ1v) is 6.83. The van der Waals surface area contributed by atoms with Crippen LogP contribution in [0.15, 0.2) is 0 Å². The van der Waals surface area contributed by atoms with Gasteiger partial charge in [0.25, 0.3) is 0 Å². The van der Waals surface area contributed by atoms with Crippen molar-refractivity contribution in [2.45, 2.75) is 44.2 Å². The molecule has 5 nitrogen and oxygen atoms in total. The third-order valence-corrected chi connectivity index (χ3v) is 3.72. The number of nitrogens with zero attached hydrogens (tertiary/aromatic N) is 2. The molecule has 0 aliphatic heterocycles. The lowest BCUT2D eigenvalue weighted by Gasteiger charge is -2.27. The summed E-state index contributed by atoms with van der Waals surface area (Å²) < 4.78 is 9.24. The van der Waals surface area contributed by atoms with Gasteiger partial charge < -0.3 is 15.2 Å². The number of rotatable bonds is 5. The van der Waals surface area contributed by atoms with E-state index in [1.54, 1.807) is 7.11 Å². The van der Waals surface area contributed by atoms with E-state index in [4.69, 9.17) is 4.74 Å². The molecule has 1 aromatic rings. The van der Waals surface area contributed by atoms with Crippen molar-refractivity contribution in [3.8, 4) is 0 Å². The highest BCUT2D eigenvalue weighted by atomic mass is 32.1.